The van der Waals surface area contributed by atoms with E-state index in [4.69, 9.17) is 10.8 Å². The lowest BCUT2D eigenvalue weighted by Crippen LogP contribution is -2.42. The number of hydrogen-bond acceptors (Lipinski definition) is 3. The van der Waals surface area contributed by atoms with Crippen LogP contribution in [0.2, 0.25) is 0 Å². The summed E-state index contributed by atoms with van der Waals surface area (Å²) in [4.78, 5) is 0. The number of nitrogens with two attached hydrogens (primary N) is 1. The van der Waals surface area contributed by atoms with E-state index in [0.29, 0.717) is 6.42 Å². The van der Waals surface area contributed by atoms with Crippen molar-refractivity contribution in [2.75, 3.05) is 6.61 Å². The normalized spacial score (nSPS) is 16.0. The standard InChI is InChI=1S/C8H12BrNOS/c1-8(10,5-11)3-6-2-7(9)12-4-6/h2,4,11H,3,5,10H2,1H3. The van der Waals surface area contributed by atoms with Gasteiger partial charge in [0.2, 0.25) is 0 Å². The monoisotopic (exact) mass is 249 g/mol. The van der Waals surface area contributed by atoms with Crippen LogP contribution in [-0.2, 0) is 6.42 Å². The van der Waals surface area contributed by atoms with Gasteiger partial charge in [-0.3, -0.25) is 0 Å². The molecule has 0 amide bonds. The highest BCUT2D eigenvalue weighted by molar-refractivity contribution is 9.11. The quantitative estimate of drug-likeness (QED) is 0.858. The van der Waals surface area contributed by atoms with Gasteiger partial charge in [-0.05, 0) is 46.3 Å². The fourth-order valence-corrected chi connectivity index (χ4v) is 2.17. The second-order valence-corrected chi connectivity index (χ2v) is 5.54. The summed E-state index contributed by atoms with van der Waals surface area (Å²) in [6.45, 7) is 1.86. The van der Waals surface area contributed by atoms with Gasteiger partial charge in [0.05, 0.1) is 10.4 Å². The van der Waals surface area contributed by atoms with E-state index in [9.17, 15) is 0 Å². The Hall–Kier alpha value is 0.100. The largest absolute Gasteiger partial charge is 0.394 e. The molecule has 0 bridgehead atoms. The van der Waals surface area contributed by atoms with Crippen molar-refractivity contribution >= 4 is 27.3 Å². The molecule has 1 unspecified atom stereocenters. The molecule has 1 atom stereocenters. The van der Waals surface area contributed by atoms with Gasteiger partial charge in [-0.25, -0.2) is 0 Å². The zero-order valence-corrected chi connectivity index (χ0v) is 9.28. The number of thiophene rings is 1. The first-order valence-electron chi connectivity index (χ1n) is 3.66. The second kappa shape index (κ2) is 3.87. The lowest BCUT2D eigenvalue weighted by Gasteiger charge is -2.20. The molecule has 68 valence electrons. The molecule has 3 N–H and O–H groups in total. The molecule has 12 heavy (non-hydrogen) atoms. The van der Waals surface area contributed by atoms with Crippen molar-refractivity contribution < 1.29 is 5.11 Å². The molecule has 0 spiro atoms. The maximum Gasteiger partial charge on any atom is 0.0701 e. The van der Waals surface area contributed by atoms with Gasteiger partial charge in [0.1, 0.15) is 0 Å². The topological polar surface area (TPSA) is 46.2 Å². The maximum atomic E-state index is 8.93. The Morgan fingerprint density at radius 1 is 1.75 bits per heavy atom. The van der Waals surface area contributed by atoms with E-state index in [2.05, 4.69) is 15.9 Å². The lowest BCUT2D eigenvalue weighted by molar-refractivity contribution is 0.208. The first kappa shape index (κ1) is 10.2. The minimum atomic E-state index is -0.499. The predicted octanol–water partition coefficient (Wildman–Crippen LogP) is 1.76. The van der Waals surface area contributed by atoms with Gasteiger partial charge in [-0.1, -0.05) is 0 Å². The molecule has 1 aromatic heterocycles. The fraction of sp³-hybridized carbons (Fsp3) is 0.500. The Bertz CT molecular complexity index is 259. The number of rotatable bonds is 3. The van der Waals surface area contributed by atoms with Crippen LogP contribution in [0, 0.1) is 0 Å². The van der Waals surface area contributed by atoms with Crippen LogP contribution in [0.15, 0.2) is 15.2 Å². The van der Waals surface area contributed by atoms with Gasteiger partial charge in [-0.2, -0.15) is 0 Å². The molecule has 0 aromatic carbocycles. The highest BCUT2D eigenvalue weighted by Gasteiger charge is 2.17. The van der Waals surface area contributed by atoms with E-state index in [-0.39, 0.29) is 6.61 Å². The van der Waals surface area contributed by atoms with Crippen molar-refractivity contribution in [3.05, 3.63) is 20.8 Å². The van der Waals surface area contributed by atoms with Crippen molar-refractivity contribution in [1.82, 2.24) is 0 Å². The van der Waals surface area contributed by atoms with Crippen molar-refractivity contribution in [3.63, 3.8) is 0 Å². The molecular weight excluding hydrogens is 238 g/mol. The summed E-state index contributed by atoms with van der Waals surface area (Å²) in [7, 11) is 0. The van der Waals surface area contributed by atoms with Crippen LogP contribution in [0.1, 0.15) is 12.5 Å². The van der Waals surface area contributed by atoms with E-state index in [1.165, 1.54) is 5.56 Å². The van der Waals surface area contributed by atoms with Gasteiger partial charge in [0.15, 0.2) is 0 Å². The summed E-state index contributed by atoms with van der Waals surface area (Å²) in [5.41, 5.74) is 6.47. The Balaban J connectivity index is 2.63. The zero-order chi connectivity index (χ0) is 9.19. The summed E-state index contributed by atoms with van der Waals surface area (Å²) < 4.78 is 1.10. The predicted molar refractivity (Wildman–Crippen MR) is 55.4 cm³/mol. The minimum absolute atomic E-state index is 0.0144. The number of halogens is 1. The zero-order valence-electron chi connectivity index (χ0n) is 6.88. The average Bonchev–Trinajstić information content (AvgIpc) is 2.35. The van der Waals surface area contributed by atoms with Crippen LogP contribution < -0.4 is 5.73 Å². The highest BCUT2D eigenvalue weighted by Crippen LogP contribution is 2.23. The summed E-state index contributed by atoms with van der Waals surface area (Å²) in [5, 5.41) is 11.0. The Morgan fingerprint density at radius 3 is 2.83 bits per heavy atom. The summed E-state index contributed by atoms with van der Waals surface area (Å²) in [5.74, 6) is 0. The van der Waals surface area contributed by atoms with Crippen LogP contribution in [0.25, 0.3) is 0 Å². The summed E-state index contributed by atoms with van der Waals surface area (Å²) in [6.07, 6.45) is 0.714. The van der Waals surface area contributed by atoms with Crippen molar-refractivity contribution in [2.24, 2.45) is 5.73 Å². The summed E-state index contributed by atoms with van der Waals surface area (Å²) in [6, 6.07) is 2.03. The molecule has 2 nitrogen and oxygen atoms in total. The van der Waals surface area contributed by atoms with Crippen LogP contribution in [0.4, 0.5) is 0 Å². The van der Waals surface area contributed by atoms with Gasteiger partial charge in [-0.15, -0.1) is 11.3 Å². The SMILES string of the molecule is CC(N)(CO)Cc1csc(Br)c1. The average molecular weight is 250 g/mol. The third kappa shape index (κ3) is 2.86. The highest BCUT2D eigenvalue weighted by atomic mass is 79.9. The van der Waals surface area contributed by atoms with E-state index in [1.54, 1.807) is 11.3 Å². The minimum Gasteiger partial charge on any atom is -0.394 e. The van der Waals surface area contributed by atoms with Crippen molar-refractivity contribution in [1.29, 1.82) is 0 Å². The molecule has 1 aromatic rings. The second-order valence-electron chi connectivity index (χ2n) is 3.25. The van der Waals surface area contributed by atoms with Crippen LogP contribution in [0.5, 0.6) is 0 Å². The molecule has 1 heterocycles. The van der Waals surface area contributed by atoms with Gasteiger partial charge in [0, 0.05) is 5.54 Å². The molecular formula is C8H12BrNOS. The Morgan fingerprint density at radius 2 is 2.42 bits per heavy atom. The number of aliphatic hydroxyl groups excluding tert-OH is 1. The first-order chi connectivity index (χ1) is 5.53. The number of hydrogen-bond donors (Lipinski definition) is 2. The molecule has 0 aliphatic rings. The smallest absolute Gasteiger partial charge is 0.0701 e. The van der Waals surface area contributed by atoms with Crippen LogP contribution >= 0.6 is 27.3 Å². The van der Waals surface area contributed by atoms with E-state index < -0.39 is 5.54 Å². The maximum absolute atomic E-state index is 8.93. The molecule has 0 saturated heterocycles. The first-order valence-corrected chi connectivity index (χ1v) is 5.33. The fourth-order valence-electron chi connectivity index (χ4n) is 0.961. The third-order valence-electron chi connectivity index (χ3n) is 1.59. The Labute approximate surface area is 84.5 Å². The molecule has 0 saturated carbocycles. The number of aliphatic hydroxyl groups is 1. The van der Waals surface area contributed by atoms with Crippen molar-refractivity contribution in [3.8, 4) is 0 Å². The van der Waals surface area contributed by atoms with E-state index in [1.807, 2.05) is 18.4 Å². The summed E-state index contributed by atoms with van der Waals surface area (Å²) >= 11 is 5.01. The molecule has 0 radical (unpaired) electrons. The molecule has 0 aliphatic carbocycles. The van der Waals surface area contributed by atoms with Gasteiger partial charge < -0.3 is 10.8 Å². The third-order valence-corrected chi connectivity index (χ3v) is 3.14. The lowest BCUT2D eigenvalue weighted by atomic mass is 9.97. The molecule has 0 fully saturated rings. The van der Waals surface area contributed by atoms with Crippen molar-refractivity contribution in [2.45, 2.75) is 18.9 Å². The molecule has 0 aliphatic heterocycles. The Kier molecular flexibility index (Phi) is 3.29. The molecule has 4 heteroatoms. The van der Waals surface area contributed by atoms with Crippen LogP contribution in [0.3, 0.4) is 0 Å². The van der Waals surface area contributed by atoms with Crippen LogP contribution in [-0.4, -0.2) is 17.3 Å². The molecule has 1 rings (SSSR count). The van der Waals surface area contributed by atoms with E-state index >= 15 is 0 Å². The van der Waals surface area contributed by atoms with Gasteiger partial charge in [0.25, 0.3) is 0 Å². The van der Waals surface area contributed by atoms with Gasteiger partial charge >= 0.3 is 0 Å². The van der Waals surface area contributed by atoms with E-state index in [0.717, 1.165) is 3.79 Å².